The van der Waals surface area contributed by atoms with Crippen LogP contribution in [0.5, 0.6) is 0 Å². The van der Waals surface area contributed by atoms with E-state index in [0.29, 0.717) is 12.3 Å². The molecule has 2 atom stereocenters. The largest absolute Gasteiger partial charge is 0.396 e. The molecular weight excluding hydrogens is 212 g/mol. The highest BCUT2D eigenvalue weighted by atomic mass is 16.3. The molecule has 0 bridgehead atoms. The van der Waals surface area contributed by atoms with Crippen molar-refractivity contribution < 1.29 is 10.2 Å². The van der Waals surface area contributed by atoms with Crippen LogP contribution in [0.3, 0.4) is 0 Å². The Morgan fingerprint density at radius 2 is 2.00 bits per heavy atom. The summed E-state index contributed by atoms with van der Waals surface area (Å²) < 4.78 is 0. The smallest absolute Gasteiger partial charge is 0.0649 e. The predicted octanol–water partition coefficient (Wildman–Crippen LogP) is 3.28. The summed E-state index contributed by atoms with van der Waals surface area (Å²) in [6.07, 6.45) is 6.56. The summed E-state index contributed by atoms with van der Waals surface area (Å²) in [5.74, 6) is 0.353. The summed E-state index contributed by atoms with van der Waals surface area (Å²) in [5.41, 5.74) is 0.675. The monoisotopic (exact) mass is 240 g/mol. The third-order valence-corrected chi connectivity index (χ3v) is 4.83. The van der Waals surface area contributed by atoms with E-state index in [1.165, 1.54) is 5.57 Å². The lowest BCUT2D eigenvalue weighted by Gasteiger charge is -2.45. The van der Waals surface area contributed by atoms with Crippen LogP contribution in [0.1, 0.15) is 59.8 Å². The lowest BCUT2D eigenvalue weighted by molar-refractivity contribution is -0.0543. The van der Waals surface area contributed by atoms with Gasteiger partial charge in [0.25, 0.3) is 0 Å². The molecule has 2 N–H and O–H groups in total. The Balaban J connectivity index is 2.90. The molecule has 0 radical (unpaired) electrons. The Bertz CT molecular complexity index is 279. The fourth-order valence-electron chi connectivity index (χ4n) is 3.04. The average Bonchev–Trinajstić information content (AvgIpc) is 2.33. The number of rotatable bonds is 5. The van der Waals surface area contributed by atoms with Crippen LogP contribution in [0.25, 0.3) is 0 Å². The molecule has 0 saturated heterocycles. The average molecular weight is 240 g/mol. The lowest BCUT2D eigenvalue weighted by atomic mass is 9.63. The van der Waals surface area contributed by atoms with Gasteiger partial charge in [0.1, 0.15) is 0 Å². The van der Waals surface area contributed by atoms with E-state index in [1.54, 1.807) is 0 Å². The predicted molar refractivity (Wildman–Crippen MR) is 71.8 cm³/mol. The first kappa shape index (κ1) is 14.7. The van der Waals surface area contributed by atoms with Crippen molar-refractivity contribution in [2.24, 2.45) is 11.3 Å². The minimum absolute atomic E-state index is 0.125. The van der Waals surface area contributed by atoms with Gasteiger partial charge in [-0.25, -0.2) is 0 Å². The van der Waals surface area contributed by atoms with E-state index in [4.69, 9.17) is 0 Å². The second kappa shape index (κ2) is 5.53. The van der Waals surface area contributed by atoms with E-state index in [1.807, 2.05) is 13.8 Å². The highest BCUT2D eigenvalue weighted by Crippen LogP contribution is 2.46. The van der Waals surface area contributed by atoms with E-state index < -0.39 is 5.60 Å². The van der Waals surface area contributed by atoms with Crippen molar-refractivity contribution in [1.82, 2.24) is 0 Å². The van der Waals surface area contributed by atoms with Crippen LogP contribution < -0.4 is 0 Å². The summed E-state index contributed by atoms with van der Waals surface area (Å²) >= 11 is 0. The van der Waals surface area contributed by atoms with Crippen molar-refractivity contribution in [2.45, 2.75) is 65.4 Å². The molecule has 0 heterocycles. The summed E-state index contributed by atoms with van der Waals surface area (Å²) in [6, 6.07) is 0. The SMILES string of the molecule is CCC(O)(CC)CC1(CO)CCC(C)=CC1C. The molecule has 100 valence electrons. The Hall–Kier alpha value is -0.340. The Kier molecular flexibility index (Phi) is 4.79. The minimum atomic E-state index is -0.615. The van der Waals surface area contributed by atoms with E-state index in [2.05, 4.69) is 19.9 Å². The first-order valence-corrected chi connectivity index (χ1v) is 6.92. The van der Waals surface area contributed by atoms with Gasteiger partial charge in [0.05, 0.1) is 5.60 Å². The normalized spacial score (nSPS) is 30.2. The summed E-state index contributed by atoms with van der Waals surface area (Å²) in [5, 5.41) is 20.3. The van der Waals surface area contributed by atoms with Crippen LogP contribution in [0, 0.1) is 11.3 Å². The van der Waals surface area contributed by atoms with Gasteiger partial charge < -0.3 is 10.2 Å². The fourth-order valence-corrected chi connectivity index (χ4v) is 3.04. The standard InChI is InChI=1S/C15H28O2/c1-5-15(17,6-2)10-14(11-16)8-7-12(3)9-13(14)4/h9,13,16-17H,5-8,10-11H2,1-4H3. The minimum Gasteiger partial charge on any atom is -0.396 e. The molecule has 0 aliphatic heterocycles. The van der Waals surface area contributed by atoms with Crippen molar-refractivity contribution in [3.05, 3.63) is 11.6 Å². The maximum absolute atomic E-state index is 10.5. The maximum Gasteiger partial charge on any atom is 0.0649 e. The Morgan fingerprint density at radius 3 is 2.41 bits per heavy atom. The van der Waals surface area contributed by atoms with Gasteiger partial charge in [-0.05, 0) is 44.9 Å². The highest BCUT2D eigenvalue weighted by Gasteiger charge is 2.42. The number of allylic oxidation sites excluding steroid dienone is 2. The molecule has 0 aromatic rings. The number of hydrogen-bond acceptors (Lipinski definition) is 2. The molecule has 2 heteroatoms. The second-order valence-corrected chi connectivity index (χ2v) is 5.93. The van der Waals surface area contributed by atoms with Gasteiger partial charge in [0.15, 0.2) is 0 Å². The van der Waals surface area contributed by atoms with Crippen molar-refractivity contribution in [1.29, 1.82) is 0 Å². The molecular formula is C15H28O2. The van der Waals surface area contributed by atoms with Gasteiger partial charge in [-0.3, -0.25) is 0 Å². The Labute approximate surface area is 106 Å². The molecule has 0 aromatic heterocycles. The molecule has 1 rings (SSSR count). The third kappa shape index (κ3) is 3.11. The number of aliphatic hydroxyl groups excluding tert-OH is 1. The number of hydrogen-bond donors (Lipinski definition) is 2. The van der Waals surface area contributed by atoms with Gasteiger partial charge >= 0.3 is 0 Å². The second-order valence-electron chi connectivity index (χ2n) is 5.93. The van der Waals surface area contributed by atoms with Crippen LogP contribution in [0.2, 0.25) is 0 Å². The molecule has 0 spiro atoms. The molecule has 0 saturated carbocycles. The van der Waals surface area contributed by atoms with Gasteiger partial charge in [-0.2, -0.15) is 0 Å². The number of aliphatic hydroxyl groups is 2. The zero-order valence-corrected chi connectivity index (χ0v) is 11.8. The van der Waals surface area contributed by atoms with Crippen LogP contribution >= 0.6 is 0 Å². The molecule has 0 amide bonds. The summed E-state index contributed by atoms with van der Waals surface area (Å²) in [4.78, 5) is 0. The van der Waals surface area contributed by atoms with Crippen LogP contribution in [-0.2, 0) is 0 Å². The van der Waals surface area contributed by atoms with E-state index in [-0.39, 0.29) is 12.0 Å². The Morgan fingerprint density at radius 1 is 1.41 bits per heavy atom. The van der Waals surface area contributed by atoms with Crippen LogP contribution in [0.15, 0.2) is 11.6 Å². The van der Waals surface area contributed by atoms with Gasteiger partial charge in [0.2, 0.25) is 0 Å². The van der Waals surface area contributed by atoms with Crippen molar-refractivity contribution >= 4 is 0 Å². The van der Waals surface area contributed by atoms with Crippen molar-refractivity contribution in [2.75, 3.05) is 6.61 Å². The summed E-state index contributed by atoms with van der Waals surface area (Å²) in [6.45, 7) is 8.57. The van der Waals surface area contributed by atoms with Gasteiger partial charge in [-0.15, -0.1) is 0 Å². The molecule has 2 unspecified atom stereocenters. The first-order valence-electron chi connectivity index (χ1n) is 6.92. The molecule has 0 fully saturated rings. The van der Waals surface area contributed by atoms with Gasteiger partial charge in [-0.1, -0.05) is 32.4 Å². The molecule has 17 heavy (non-hydrogen) atoms. The zero-order valence-electron chi connectivity index (χ0n) is 11.8. The fraction of sp³-hybridized carbons (Fsp3) is 0.867. The summed E-state index contributed by atoms with van der Waals surface area (Å²) in [7, 11) is 0. The topological polar surface area (TPSA) is 40.5 Å². The maximum atomic E-state index is 10.5. The highest BCUT2D eigenvalue weighted by molar-refractivity contribution is 5.11. The quantitative estimate of drug-likeness (QED) is 0.724. The van der Waals surface area contributed by atoms with Crippen molar-refractivity contribution in [3.63, 3.8) is 0 Å². The van der Waals surface area contributed by atoms with Crippen LogP contribution in [0.4, 0.5) is 0 Å². The molecule has 1 aliphatic carbocycles. The zero-order chi connectivity index (χ0) is 13.1. The van der Waals surface area contributed by atoms with E-state index in [0.717, 1.165) is 25.7 Å². The van der Waals surface area contributed by atoms with E-state index in [9.17, 15) is 10.2 Å². The van der Waals surface area contributed by atoms with Crippen LogP contribution in [-0.4, -0.2) is 22.4 Å². The first-order chi connectivity index (χ1) is 7.91. The van der Waals surface area contributed by atoms with Gasteiger partial charge in [0, 0.05) is 12.0 Å². The molecule has 2 nitrogen and oxygen atoms in total. The molecule has 1 aliphatic rings. The third-order valence-electron chi connectivity index (χ3n) is 4.83. The lowest BCUT2D eigenvalue weighted by Crippen LogP contribution is -2.43. The molecule has 0 aromatic carbocycles. The van der Waals surface area contributed by atoms with E-state index >= 15 is 0 Å². The van der Waals surface area contributed by atoms with Crippen molar-refractivity contribution in [3.8, 4) is 0 Å².